The maximum atomic E-state index is 11.6. The third-order valence-corrected chi connectivity index (χ3v) is 3.08. The van der Waals surface area contributed by atoms with Crippen LogP contribution in [-0.4, -0.2) is 25.7 Å². The van der Waals surface area contributed by atoms with Crippen molar-refractivity contribution < 1.29 is 9.53 Å². The largest absolute Gasteiger partial charge is 0.381 e. The van der Waals surface area contributed by atoms with Crippen LogP contribution in [0.3, 0.4) is 0 Å². The van der Waals surface area contributed by atoms with Crippen LogP contribution < -0.4 is 5.32 Å². The average molecular weight is 233 g/mol. The Labute approximate surface area is 102 Å². The number of nitrogens with one attached hydrogen (secondary N) is 1. The van der Waals surface area contributed by atoms with E-state index in [1.165, 1.54) is 5.56 Å². The van der Waals surface area contributed by atoms with E-state index in [2.05, 4.69) is 17.4 Å². The monoisotopic (exact) mass is 233 g/mol. The molecule has 1 aromatic rings. The van der Waals surface area contributed by atoms with Crippen molar-refractivity contribution in [2.45, 2.75) is 19.3 Å². The van der Waals surface area contributed by atoms with Gasteiger partial charge in [0, 0.05) is 26.2 Å². The number of benzene rings is 1. The normalized spacial score (nSPS) is 19.2. The second-order valence-corrected chi connectivity index (χ2v) is 4.52. The Morgan fingerprint density at radius 1 is 1.35 bits per heavy atom. The fourth-order valence-electron chi connectivity index (χ4n) is 2.07. The SMILES string of the molecule is O=C(C[C@H]1CCOC1)NCCc1ccccc1. The molecule has 1 amide bonds. The molecule has 0 bridgehead atoms. The number of carbonyl (C=O) groups excluding carboxylic acids is 1. The van der Waals surface area contributed by atoms with Gasteiger partial charge in [0.15, 0.2) is 0 Å². The topological polar surface area (TPSA) is 38.3 Å². The predicted octanol–water partition coefficient (Wildman–Crippen LogP) is 1.77. The third-order valence-electron chi connectivity index (χ3n) is 3.08. The van der Waals surface area contributed by atoms with E-state index in [0.29, 0.717) is 12.3 Å². The number of carbonyl (C=O) groups is 1. The van der Waals surface area contributed by atoms with E-state index >= 15 is 0 Å². The maximum Gasteiger partial charge on any atom is 0.220 e. The lowest BCUT2D eigenvalue weighted by molar-refractivity contribution is -0.122. The van der Waals surface area contributed by atoms with E-state index in [0.717, 1.165) is 32.6 Å². The molecule has 1 atom stereocenters. The molecule has 17 heavy (non-hydrogen) atoms. The van der Waals surface area contributed by atoms with Gasteiger partial charge in [0.2, 0.25) is 5.91 Å². The van der Waals surface area contributed by atoms with Crippen LogP contribution >= 0.6 is 0 Å². The molecule has 92 valence electrons. The van der Waals surface area contributed by atoms with Crippen LogP contribution in [0, 0.1) is 5.92 Å². The maximum absolute atomic E-state index is 11.6. The molecule has 0 radical (unpaired) electrons. The molecule has 3 nitrogen and oxygen atoms in total. The number of rotatable bonds is 5. The van der Waals surface area contributed by atoms with Gasteiger partial charge in [0.1, 0.15) is 0 Å². The molecule has 0 aromatic heterocycles. The van der Waals surface area contributed by atoms with Crippen molar-refractivity contribution in [3.05, 3.63) is 35.9 Å². The molecule has 0 aliphatic carbocycles. The molecule has 2 rings (SSSR count). The van der Waals surface area contributed by atoms with Gasteiger partial charge in [0.25, 0.3) is 0 Å². The van der Waals surface area contributed by atoms with E-state index in [-0.39, 0.29) is 5.91 Å². The molecule has 1 aliphatic rings. The molecule has 0 saturated carbocycles. The van der Waals surface area contributed by atoms with Gasteiger partial charge < -0.3 is 10.1 Å². The molecular formula is C14H19NO2. The zero-order valence-corrected chi connectivity index (χ0v) is 10.0. The fraction of sp³-hybridized carbons (Fsp3) is 0.500. The van der Waals surface area contributed by atoms with E-state index in [1.807, 2.05) is 18.2 Å². The summed E-state index contributed by atoms with van der Waals surface area (Å²) in [6.45, 7) is 2.27. The van der Waals surface area contributed by atoms with Crippen LogP contribution in [0.15, 0.2) is 30.3 Å². The summed E-state index contributed by atoms with van der Waals surface area (Å²) in [4.78, 5) is 11.6. The molecule has 3 heteroatoms. The minimum absolute atomic E-state index is 0.149. The second-order valence-electron chi connectivity index (χ2n) is 4.52. The standard InChI is InChI=1S/C14H19NO2/c16-14(10-13-7-9-17-11-13)15-8-6-12-4-2-1-3-5-12/h1-5,13H,6-11H2,(H,15,16)/t13-/m1/s1. The fourth-order valence-corrected chi connectivity index (χ4v) is 2.07. The van der Waals surface area contributed by atoms with E-state index in [4.69, 9.17) is 4.74 Å². The Hall–Kier alpha value is -1.35. The van der Waals surface area contributed by atoms with Crippen molar-refractivity contribution in [1.82, 2.24) is 5.32 Å². The second kappa shape index (κ2) is 6.40. The lowest BCUT2D eigenvalue weighted by Gasteiger charge is -2.08. The molecule has 1 fully saturated rings. The first-order chi connectivity index (χ1) is 8.34. The van der Waals surface area contributed by atoms with E-state index in [1.54, 1.807) is 0 Å². The number of hydrogen-bond donors (Lipinski definition) is 1. The van der Waals surface area contributed by atoms with Gasteiger partial charge in [-0.15, -0.1) is 0 Å². The lowest BCUT2D eigenvalue weighted by atomic mass is 10.0. The van der Waals surface area contributed by atoms with Crippen molar-refractivity contribution in [3.63, 3.8) is 0 Å². The minimum Gasteiger partial charge on any atom is -0.381 e. The van der Waals surface area contributed by atoms with Crippen molar-refractivity contribution in [1.29, 1.82) is 0 Å². The summed E-state index contributed by atoms with van der Waals surface area (Å²) in [5.41, 5.74) is 1.26. The van der Waals surface area contributed by atoms with Gasteiger partial charge in [-0.1, -0.05) is 30.3 Å². The Balaban J connectivity index is 1.63. The first-order valence-corrected chi connectivity index (χ1v) is 6.23. The van der Waals surface area contributed by atoms with Gasteiger partial charge in [-0.05, 0) is 24.3 Å². The predicted molar refractivity (Wildman–Crippen MR) is 66.7 cm³/mol. The van der Waals surface area contributed by atoms with Crippen molar-refractivity contribution >= 4 is 5.91 Å². The lowest BCUT2D eigenvalue weighted by Crippen LogP contribution is -2.27. The van der Waals surface area contributed by atoms with Crippen molar-refractivity contribution in [2.75, 3.05) is 19.8 Å². The molecule has 1 aromatic carbocycles. The minimum atomic E-state index is 0.149. The van der Waals surface area contributed by atoms with Crippen molar-refractivity contribution in [2.24, 2.45) is 5.92 Å². The summed E-state index contributed by atoms with van der Waals surface area (Å²) in [5, 5.41) is 2.96. The number of ether oxygens (including phenoxy) is 1. The summed E-state index contributed by atoms with van der Waals surface area (Å²) >= 11 is 0. The highest BCUT2D eigenvalue weighted by Gasteiger charge is 2.18. The zero-order chi connectivity index (χ0) is 11.9. The molecule has 1 N–H and O–H groups in total. The Kier molecular flexibility index (Phi) is 4.56. The van der Waals surface area contributed by atoms with Gasteiger partial charge in [-0.2, -0.15) is 0 Å². The summed E-state index contributed by atoms with van der Waals surface area (Å²) in [6.07, 6.45) is 2.52. The molecule has 1 saturated heterocycles. The zero-order valence-electron chi connectivity index (χ0n) is 10.0. The van der Waals surface area contributed by atoms with Crippen LogP contribution in [0.2, 0.25) is 0 Å². The number of hydrogen-bond acceptors (Lipinski definition) is 2. The molecule has 0 spiro atoms. The van der Waals surface area contributed by atoms with Gasteiger partial charge >= 0.3 is 0 Å². The summed E-state index contributed by atoms with van der Waals surface area (Å²) in [7, 11) is 0. The Morgan fingerprint density at radius 2 is 2.18 bits per heavy atom. The quantitative estimate of drug-likeness (QED) is 0.841. The van der Waals surface area contributed by atoms with E-state index in [9.17, 15) is 4.79 Å². The molecule has 0 unspecified atom stereocenters. The van der Waals surface area contributed by atoms with E-state index < -0.39 is 0 Å². The smallest absolute Gasteiger partial charge is 0.220 e. The summed E-state index contributed by atoms with van der Waals surface area (Å²) in [6, 6.07) is 10.2. The summed E-state index contributed by atoms with van der Waals surface area (Å²) in [5.74, 6) is 0.572. The van der Waals surface area contributed by atoms with Gasteiger partial charge in [-0.25, -0.2) is 0 Å². The molecular weight excluding hydrogens is 214 g/mol. The summed E-state index contributed by atoms with van der Waals surface area (Å²) < 4.78 is 5.25. The van der Waals surface area contributed by atoms with Crippen LogP contribution in [0.25, 0.3) is 0 Å². The highest BCUT2D eigenvalue weighted by molar-refractivity contribution is 5.76. The average Bonchev–Trinajstić information content (AvgIpc) is 2.83. The van der Waals surface area contributed by atoms with Crippen molar-refractivity contribution in [3.8, 4) is 0 Å². The molecule has 1 heterocycles. The van der Waals surface area contributed by atoms with Gasteiger partial charge in [-0.3, -0.25) is 4.79 Å². The van der Waals surface area contributed by atoms with Crippen LogP contribution in [0.4, 0.5) is 0 Å². The highest BCUT2D eigenvalue weighted by Crippen LogP contribution is 2.15. The first-order valence-electron chi connectivity index (χ1n) is 6.23. The Morgan fingerprint density at radius 3 is 2.88 bits per heavy atom. The highest BCUT2D eigenvalue weighted by atomic mass is 16.5. The molecule has 1 aliphatic heterocycles. The Bertz CT molecular complexity index is 344. The first kappa shape index (κ1) is 12.1. The number of amides is 1. The van der Waals surface area contributed by atoms with Crippen LogP contribution in [0.1, 0.15) is 18.4 Å². The van der Waals surface area contributed by atoms with Crippen LogP contribution in [-0.2, 0) is 16.0 Å². The third kappa shape index (κ3) is 4.19. The van der Waals surface area contributed by atoms with Crippen LogP contribution in [0.5, 0.6) is 0 Å². The van der Waals surface area contributed by atoms with Gasteiger partial charge in [0.05, 0.1) is 0 Å².